The van der Waals surface area contributed by atoms with Gasteiger partial charge in [0.05, 0.1) is 24.2 Å². The van der Waals surface area contributed by atoms with Gasteiger partial charge < -0.3 is 9.47 Å². The van der Waals surface area contributed by atoms with Crippen LogP contribution in [0.25, 0.3) is 0 Å². The van der Waals surface area contributed by atoms with Gasteiger partial charge in [0.2, 0.25) is 0 Å². The quantitative estimate of drug-likeness (QED) is 0.447. The van der Waals surface area contributed by atoms with Crippen molar-refractivity contribution in [2.24, 2.45) is 0 Å². The van der Waals surface area contributed by atoms with Gasteiger partial charge in [0.25, 0.3) is 0 Å². The summed E-state index contributed by atoms with van der Waals surface area (Å²) in [4.78, 5) is 21.6. The zero-order chi connectivity index (χ0) is 12.8. The molecule has 0 radical (unpaired) electrons. The Labute approximate surface area is 98.3 Å². The highest BCUT2D eigenvalue weighted by Crippen LogP contribution is 2.27. The minimum absolute atomic E-state index is 0.0425. The van der Waals surface area contributed by atoms with Gasteiger partial charge in [-0.3, -0.25) is 10.1 Å². The molecule has 0 fully saturated rings. The molecule has 0 saturated heterocycles. The van der Waals surface area contributed by atoms with E-state index in [1.54, 1.807) is 0 Å². The van der Waals surface area contributed by atoms with Crippen LogP contribution >= 0.6 is 0 Å². The van der Waals surface area contributed by atoms with Gasteiger partial charge in [-0.05, 0) is 12.5 Å². The summed E-state index contributed by atoms with van der Waals surface area (Å²) in [7, 11) is 1.31. The van der Waals surface area contributed by atoms with Crippen molar-refractivity contribution in [3.05, 3.63) is 33.9 Å². The van der Waals surface area contributed by atoms with Crippen LogP contribution < -0.4 is 4.74 Å². The van der Waals surface area contributed by atoms with E-state index in [9.17, 15) is 14.9 Å². The highest BCUT2D eigenvalue weighted by atomic mass is 16.6. The number of esters is 1. The summed E-state index contributed by atoms with van der Waals surface area (Å²) in [6.07, 6.45) is 0.718. The summed E-state index contributed by atoms with van der Waals surface area (Å²) in [5.74, 6) is -0.471. The van der Waals surface area contributed by atoms with Gasteiger partial charge in [0.1, 0.15) is 0 Å². The fraction of sp³-hybridized carbons (Fsp3) is 0.364. The van der Waals surface area contributed by atoms with Gasteiger partial charge in [0, 0.05) is 12.1 Å². The maximum absolute atomic E-state index is 11.5. The molecule has 1 aromatic carbocycles. The number of carbonyl (C=O) groups excluding carboxylic acids is 1. The van der Waals surface area contributed by atoms with E-state index in [0.29, 0.717) is 6.61 Å². The first-order valence-corrected chi connectivity index (χ1v) is 5.09. The Hall–Kier alpha value is -2.11. The van der Waals surface area contributed by atoms with Crippen LogP contribution in [0.5, 0.6) is 5.75 Å². The number of rotatable bonds is 5. The van der Waals surface area contributed by atoms with E-state index in [4.69, 9.17) is 9.47 Å². The number of nitrogens with zero attached hydrogens (tertiary/aromatic N) is 1. The zero-order valence-corrected chi connectivity index (χ0v) is 9.63. The van der Waals surface area contributed by atoms with E-state index in [1.165, 1.54) is 25.3 Å². The zero-order valence-electron chi connectivity index (χ0n) is 9.63. The molecule has 0 unspecified atom stereocenters. The van der Waals surface area contributed by atoms with Crippen LogP contribution in [-0.4, -0.2) is 24.6 Å². The molecular formula is C11H13NO5. The number of carbonyl (C=O) groups is 1. The molecule has 0 spiro atoms. The van der Waals surface area contributed by atoms with Gasteiger partial charge in [-0.1, -0.05) is 6.92 Å². The van der Waals surface area contributed by atoms with E-state index in [2.05, 4.69) is 0 Å². The van der Waals surface area contributed by atoms with Crippen molar-refractivity contribution < 1.29 is 19.2 Å². The van der Waals surface area contributed by atoms with Gasteiger partial charge >= 0.3 is 11.7 Å². The summed E-state index contributed by atoms with van der Waals surface area (Å²) in [5, 5.41) is 10.6. The van der Waals surface area contributed by atoms with Crippen LogP contribution in [0.3, 0.4) is 0 Å². The third-order valence-corrected chi connectivity index (χ3v) is 2.05. The van der Waals surface area contributed by atoms with Crippen molar-refractivity contribution in [1.82, 2.24) is 0 Å². The number of benzene rings is 1. The molecule has 1 rings (SSSR count). The summed E-state index contributed by atoms with van der Waals surface area (Å²) in [6, 6.07) is 3.87. The van der Waals surface area contributed by atoms with Crippen LogP contribution in [-0.2, 0) is 4.74 Å². The average molecular weight is 239 g/mol. The van der Waals surface area contributed by atoms with Crippen molar-refractivity contribution >= 4 is 11.7 Å². The lowest BCUT2D eigenvalue weighted by Crippen LogP contribution is -2.06. The number of hydrogen-bond acceptors (Lipinski definition) is 5. The second kappa shape index (κ2) is 5.83. The monoisotopic (exact) mass is 239 g/mol. The maximum atomic E-state index is 11.5. The van der Waals surface area contributed by atoms with E-state index in [0.717, 1.165) is 6.42 Å². The normalized spacial score (nSPS) is 9.76. The molecule has 0 aliphatic rings. The van der Waals surface area contributed by atoms with Gasteiger partial charge in [-0.15, -0.1) is 0 Å². The molecule has 17 heavy (non-hydrogen) atoms. The number of hydrogen-bond donors (Lipinski definition) is 0. The first-order chi connectivity index (χ1) is 8.10. The van der Waals surface area contributed by atoms with Crippen molar-refractivity contribution in [2.75, 3.05) is 13.7 Å². The highest BCUT2D eigenvalue weighted by molar-refractivity contribution is 5.90. The predicted octanol–water partition coefficient (Wildman–Crippen LogP) is 2.17. The molecule has 0 bridgehead atoms. The maximum Gasteiger partial charge on any atom is 0.338 e. The smallest absolute Gasteiger partial charge is 0.338 e. The van der Waals surface area contributed by atoms with Crippen LogP contribution in [0.1, 0.15) is 23.7 Å². The molecule has 6 nitrogen and oxygen atoms in total. The lowest BCUT2D eigenvalue weighted by Gasteiger charge is -2.05. The van der Waals surface area contributed by atoms with E-state index >= 15 is 0 Å². The molecule has 92 valence electrons. The largest absolute Gasteiger partial charge is 0.490 e. The second-order valence-electron chi connectivity index (χ2n) is 3.28. The molecule has 6 heteroatoms. The Morgan fingerprint density at radius 1 is 1.47 bits per heavy atom. The number of nitro groups is 1. The van der Waals surface area contributed by atoms with Gasteiger partial charge in [-0.2, -0.15) is 0 Å². The average Bonchev–Trinajstić information content (AvgIpc) is 2.34. The molecule has 0 aliphatic carbocycles. The minimum atomic E-state index is -0.569. The molecule has 0 heterocycles. The van der Waals surface area contributed by atoms with Gasteiger partial charge in [-0.25, -0.2) is 4.79 Å². The van der Waals surface area contributed by atoms with Crippen LogP contribution in [0, 0.1) is 10.1 Å². The Morgan fingerprint density at radius 2 is 2.18 bits per heavy atom. The lowest BCUT2D eigenvalue weighted by molar-refractivity contribution is -0.385. The minimum Gasteiger partial charge on any atom is -0.490 e. The first kappa shape index (κ1) is 13.0. The van der Waals surface area contributed by atoms with Crippen LogP contribution in [0.15, 0.2) is 18.2 Å². The SMILES string of the molecule is CCCOC(=O)c1ccc([N+](=O)[O-])c(OC)c1. The number of methoxy groups -OCH3 is 1. The summed E-state index contributed by atoms with van der Waals surface area (Å²) in [6.45, 7) is 2.20. The Kier molecular flexibility index (Phi) is 4.45. The summed E-state index contributed by atoms with van der Waals surface area (Å²) < 4.78 is 9.77. The Morgan fingerprint density at radius 3 is 2.71 bits per heavy atom. The predicted molar refractivity (Wildman–Crippen MR) is 60.2 cm³/mol. The lowest BCUT2D eigenvalue weighted by atomic mass is 10.2. The molecule has 0 saturated carbocycles. The van der Waals surface area contributed by atoms with E-state index in [-0.39, 0.29) is 17.0 Å². The fourth-order valence-corrected chi connectivity index (χ4v) is 1.23. The third kappa shape index (κ3) is 3.17. The molecule has 0 N–H and O–H groups in total. The van der Waals surface area contributed by atoms with Gasteiger partial charge in [0.15, 0.2) is 5.75 Å². The molecular weight excluding hydrogens is 226 g/mol. The van der Waals surface area contributed by atoms with Crippen LogP contribution in [0.4, 0.5) is 5.69 Å². The number of nitro benzene ring substituents is 1. The van der Waals surface area contributed by atoms with Crippen LogP contribution in [0.2, 0.25) is 0 Å². The molecule has 0 amide bonds. The Bertz CT molecular complexity index is 430. The van der Waals surface area contributed by atoms with Crippen molar-refractivity contribution in [3.63, 3.8) is 0 Å². The molecule has 0 atom stereocenters. The van der Waals surface area contributed by atoms with Crippen molar-refractivity contribution in [3.8, 4) is 5.75 Å². The van der Waals surface area contributed by atoms with E-state index < -0.39 is 10.9 Å². The summed E-state index contributed by atoms with van der Waals surface area (Å²) >= 11 is 0. The molecule has 0 aliphatic heterocycles. The topological polar surface area (TPSA) is 78.7 Å². The highest BCUT2D eigenvalue weighted by Gasteiger charge is 2.17. The first-order valence-electron chi connectivity index (χ1n) is 5.09. The second-order valence-corrected chi connectivity index (χ2v) is 3.28. The fourth-order valence-electron chi connectivity index (χ4n) is 1.23. The summed E-state index contributed by atoms with van der Waals surface area (Å²) in [5.41, 5.74) is 0.0560. The molecule has 0 aromatic heterocycles. The van der Waals surface area contributed by atoms with Crippen molar-refractivity contribution in [2.45, 2.75) is 13.3 Å². The Balaban J connectivity index is 2.97. The molecule has 1 aromatic rings. The van der Waals surface area contributed by atoms with Crippen molar-refractivity contribution in [1.29, 1.82) is 0 Å². The third-order valence-electron chi connectivity index (χ3n) is 2.05. The standard InChI is InChI=1S/C11H13NO5/c1-3-6-17-11(13)8-4-5-9(12(14)15)10(7-8)16-2/h4-5,7H,3,6H2,1-2H3. The van der Waals surface area contributed by atoms with E-state index in [1.807, 2.05) is 6.92 Å². The number of ether oxygens (including phenoxy) is 2.